The molecule has 0 radical (unpaired) electrons. The molecule has 122 valence electrons. The van der Waals surface area contributed by atoms with Crippen molar-refractivity contribution in [2.24, 2.45) is 0 Å². The van der Waals surface area contributed by atoms with E-state index in [0.29, 0.717) is 6.42 Å². The molecule has 0 bridgehead atoms. The van der Waals surface area contributed by atoms with Crippen molar-refractivity contribution in [3.05, 3.63) is 66.2 Å². The molecule has 0 fully saturated rings. The van der Waals surface area contributed by atoms with Gasteiger partial charge < -0.3 is 10.0 Å². The number of hydrogen-bond donors (Lipinski definition) is 1. The summed E-state index contributed by atoms with van der Waals surface area (Å²) in [6, 6.07) is 20.2. The van der Waals surface area contributed by atoms with Gasteiger partial charge in [0, 0.05) is 24.0 Å². The summed E-state index contributed by atoms with van der Waals surface area (Å²) in [5, 5.41) is 9.98. The first kappa shape index (κ1) is 16.0. The van der Waals surface area contributed by atoms with Crippen LogP contribution < -0.4 is 4.90 Å². The lowest BCUT2D eigenvalue weighted by atomic mass is 10.1. The van der Waals surface area contributed by atoms with Crippen LogP contribution in [0.15, 0.2) is 60.7 Å². The molecule has 1 aromatic heterocycles. The quantitative estimate of drug-likeness (QED) is 0.731. The first-order chi connectivity index (χ1) is 11.7. The molecule has 4 heteroatoms. The lowest BCUT2D eigenvalue weighted by Gasteiger charge is -2.23. The molecule has 0 aliphatic rings. The van der Waals surface area contributed by atoms with Crippen LogP contribution in [0.3, 0.4) is 0 Å². The number of aliphatic carboxylic acids is 1. The third kappa shape index (κ3) is 3.54. The van der Waals surface area contributed by atoms with E-state index < -0.39 is 5.97 Å². The monoisotopic (exact) mass is 320 g/mol. The largest absolute Gasteiger partial charge is 0.481 e. The summed E-state index contributed by atoms with van der Waals surface area (Å²) >= 11 is 0. The average Bonchev–Trinajstić information content (AvgIpc) is 2.61. The van der Waals surface area contributed by atoms with Gasteiger partial charge in [-0.3, -0.25) is 4.79 Å². The first-order valence-electron chi connectivity index (χ1n) is 8.11. The Morgan fingerprint density at radius 3 is 2.71 bits per heavy atom. The Morgan fingerprint density at radius 2 is 1.92 bits per heavy atom. The first-order valence-corrected chi connectivity index (χ1v) is 8.11. The fourth-order valence-electron chi connectivity index (χ4n) is 2.81. The molecule has 0 saturated heterocycles. The maximum absolute atomic E-state index is 10.8. The minimum Gasteiger partial charge on any atom is -0.481 e. The van der Waals surface area contributed by atoms with Gasteiger partial charge in [0.25, 0.3) is 0 Å². The van der Waals surface area contributed by atoms with Crippen molar-refractivity contribution in [1.29, 1.82) is 0 Å². The van der Waals surface area contributed by atoms with E-state index in [1.807, 2.05) is 48.5 Å². The highest BCUT2D eigenvalue weighted by atomic mass is 16.4. The van der Waals surface area contributed by atoms with E-state index in [9.17, 15) is 4.79 Å². The summed E-state index contributed by atoms with van der Waals surface area (Å²) in [5.74, 6) is 0.121. The van der Waals surface area contributed by atoms with Gasteiger partial charge in [-0.2, -0.15) is 0 Å². The van der Waals surface area contributed by atoms with E-state index in [-0.39, 0.29) is 6.42 Å². The zero-order valence-electron chi connectivity index (χ0n) is 13.6. The summed E-state index contributed by atoms with van der Waals surface area (Å²) in [6.07, 6.45) is 0.676. The Hall–Kier alpha value is -2.88. The van der Waals surface area contributed by atoms with Crippen molar-refractivity contribution in [3.8, 4) is 0 Å². The molecule has 0 saturated carbocycles. The second-order valence-electron chi connectivity index (χ2n) is 5.67. The summed E-state index contributed by atoms with van der Waals surface area (Å²) in [5.41, 5.74) is 3.02. The van der Waals surface area contributed by atoms with Crippen LogP contribution in [0.4, 0.5) is 11.5 Å². The van der Waals surface area contributed by atoms with Crippen molar-refractivity contribution in [3.63, 3.8) is 0 Å². The number of aromatic nitrogens is 1. The van der Waals surface area contributed by atoms with Crippen molar-refractivity contribution in [1.82, 2.24) is 4.98 Å². The Bertz CT molecular complexity index is 861. The minimum atomic E-state index is -0.774. The van der Waals surface area contributed by atoms with Crippen LogP contribution in [0.25, 0.3) is 10.9 Å². The molecule has 0 amide bonds. The van der Waals surface area contributed by atoms with Crippen LogP contribution >= 0.6 is 0 Å². The predicted molar refractivity (Wildman–Crippen MR) is 96.8 cm³/mol. The Labute approximate surface area is 141 Å². The molecule has 1 N–H and O–H groups in total. The maximum atomic E-state index is 10.8. The number of carboxylic acid groups (broad SMARTS) is 1. The van der Waals surface area contributed by atoms with Crippen LogP contribution in [0.1, 0.15) is 18.9 Å². The number of aryl methyl sites for hydroxylation is 1. The molecule has 2 aromatic carbocycles. The third-order valence-corrected chi connectivity index (χ3v) is 4.03. The molecule has 0 atom stereocenters. The van der Waals surface area contributed by atoms with Gasteiger partial charge in [0.15, 0.2) is 0 Å². The summed E-state index contributed by atoms with van der Waals surface area (Å²) in [4.78, 5) is 17.7. The molecule has 0 spiro atoms. The molecule has 24 heavy (non-hydrogen) atoms. The smallest absolute Gasteiger partial charge is 0.303 e. The minimum absolute atomic E-state index is 0.143. The Balaban J connectivity index is 1.92. The van der Waals surface area contributed by atoms with Gasteiger partial charge in [0.1, 0.15) is 5.82 Å². The second-order valence-corrected chi connectivity index (χ2v) is 5.67. The van der Waals surface area contributed by atoms with Gasteiger partial charge >= 0.3 is 5.97 Å². The van der Waals surface area contributed by atoms with Gasteiger partial charge in [-0.15, -0.1) is 0 Å². The highest BCUT2D eigenvalue weighted by Crippen LogP contribution is 2.26. The van der Waals surface area contributed by atoms with Crippen LogP contribution in [0, 0.1) is 0 Å². The number of pyridine rings is 1. The third-order valence-electron chi connectivity index (χ3n) is 4.03. The van der Waals surface area contributed by atoms with Crippen molar-refractivity contribution >= 4 is 28.4 Å². The number of nitrogens with zero attached hydrogens (tertiary/aromatic N) is 2. The van der Waals surface area contributed by atoms with E-state index in [1.54, 1.807) is 0 Å². The van der Waals surface area contributed by atoms with E-state index in [0.717, 1.165) is 34.5 Å². The molecule has 0 aliphatic heterocycles. The fourth-order valence-corrected chi connectivity index (χ4v) is 2.81. The number of carbonyl (C=O) groups is 1. The molecule has 1 heterocycles. The van der Waals surface area contributed by atoms with Gasteiger partial charge in [0.05, 0.1) is 5.52 Å². The maximum Gasteiger partial charge on any atom is 0.303 e. The number of rotatable bonds is 6. The van der Waals surface area contributed by atoms with Crippen molar-refractivity contribution < 1.29 is 9.90 Å². The molecular weight excluding hydrogens is 300 g/mol. The highest BCUT2D eigenvalue weighted by molar-refractivity contribution is 5.81. The van der Waals surface area contributed by atoms with Gasteiger partial charge in [-0.25, -0.2) is 4.98 Å². The summed E-state index contributed by atoms with van der Waals surface area (Å²) in [6.45, 7) is 2.87. The molecule has 4 nitrogen and oxygen atoms in total. The lowest BCUT2D eigenvalue weighted by molar-refractivity contribution is -0.136. The van der Waals surface area contributed by atoms with E-state index in [1.165, 1.54) is 0 Å². The average molecular weight is 320 g/mol. The van der Waals surface area contributed by atoms with Gasteiger partial charge in [0.2, 0.25) is 0 Å². The second kappa shape index (κ2) is 7.13. The number of para-hydroxylation sites is 1. The molecule has 0 aliphatic carbocycles. The van der Waals surface area contributed by atoms with Gasteiger partial charge in [-0.1, -0.05) is 30.3 Å². The van der Waals surface area contributed by atoms with Gasteiger partial charge in [-0.05, 0) is 49.2 Å². The highest BCUT2D eigenvalue weighted by Gasteiger charge is 2.10. The van der Waals surface area contributed by atoms with E-state index in [4.69, 9.17) is 10.1 Å². The van der Waals surface area contributed by atoms with Crippen molar-refractivity contribution in [2.75, 3.05) is 11.4 Å². The number of hydrogen-bond acceptors (Lipinski definition) is 3. The number of fused-ring (bicyclic) bond motifs is 1. The van der Waals surface area contributed by atoms with Crippen molar-refractivity contribution in [2.45, 2.75) is 19.8 Å². The standard InChI is InChI=1S/C20H20N2O2/c1-2-22(17-8-5-6-15(14-17)10-13-20(23)24)19-12-11-16-7-3-4-9-18(16)21-19/h3-9,11-12,14H,2,10,13H2,1H3,(H,23,24). The van der Waals surface area contributed by atoms with Crippen LogP contribution in [0.5, 0.6) is 0 Å². The lowest BCUT2D eigenvalue weighted by Crippen LogP contribution is -2.17. The summed E-state index contributed by atoms with van der Waals surface area (Å²) in [7, 11) is 0. The topological polar surface area (TPSA) is 53.4 Å². The van der Waals surface area contributed by atoms with E-state index in [2.05, 4.69) is 24.0 Å². The number of benzene rings is 2. The van der Waals surface area contributed by atoms with Crippen LogP contribution in [0.2, 0.25) is 0 Å². The molecule has 0 unspecified atom stereocenters. The normalized spacial score (nSPS) is 10.7. The molecular formula is C20H20N2O2. The predicted octanol–water partition coefficient (Wildman–Crippen LogP) is 4.41. The van der Waals surface area contributed by atoms with Crippen LogP contribution in [-0.2, 0) is 11.2 Å². The number of carboxylic acids is 1. The Kier molecular flexibility index (Phi) is 4.75. The number of anilines is 2. The Morgan fingerprint density at radius 1 is 1.08 bits per heavy atom. The summed E-state index contributed by atoms with van der Waals surface area (Å²) < 4.78 is 0. The SMILES string of the molecule is CCN(c1cccc(CCC(=O)O)c1)c1ccc2ccccc2n1. The van der Waals surface area contributed by atoms with E-state index >= 15 is 0 Å². The molecule has 3 aromatic rings. The van der Waals surface area contributed by atoms with Crippen LogP contribution in [-0.4, -0.2) is 22.6 Å². The zero-order chi connectivity index (χ0) is 16.9. The fraction of sp³-hybridized carbons (Fsp3) is 0.200. The molecule has 3 rings (SSSR count). The zero-order valence-corrected chi connectivity index (χ0v) is 13.6.